The maximum Gasteiger partial charge on any atom is 0.274 e. The van der Waals surface area contributed by atoms with Crippen LogP contribution in [0.3, 0.4) is 0 Å². The van der Waals surface area contributed by atoms with Gasteiger partial charge in [-0.05, 0) is 31.0 Å². The van der Waals surface area contributed by atoms with Gasteiger partial charge in [-0.2, -0.15) is 5.26 Å². The summed E-state index contributed by atoms with van der Waals surface area (Å²) >= 11 is 0. The number of halogens is 2. The molecule has 0 aliphatic carbocycles. The summed E-state index contributed by atoms with van der Waals surface area (Å²) in [6.07, 6.45) is 3.94. The fourth-order valence-corrected chi connectivity index (χ4v) is 4.48. The van der Waals surface area contributed by atoms with Gasteiger partial charge in [-0.3, -0.25) is 4.79 Å². The zero-order chi connectivity index (χ0) is 22.0. The van der Waals surface area contributed by atoms with Crippen molar-refractivity contribution in [2.75, 3.05) is 25.1 Å². The first-order valence-electron chi connectivity index (χ1n) is 10.2. The normalized spacial score (nSPS) is 20.5. The second-order valence-corrected chi connectivity index (χ2v) is 7.89. The highest BCUT2D eigenvalue weighted by molar-refractivity contribution is 5.77. The number of aromatic nitrogens is 2. The fraction of sp³-hybridized carbons (Fsp3) is 0.455. The number of amides is 1. The Morgan fingerprint density at radius 3 is 2.61 bits per heavy atom. The molecule has 0 radical (unpaired) electrons. The maximum absolute atomic E-state index is 14.6. The molecule has 2 aromatic rings. The highest BCUT2D eigenvalue weighted by Gasteiger charge is 2.42. The third-order valence-electron chi connectivity index (χ3n) is 6.01. The van der Waals surface area contributed by atoms with Gasteiger partial charge in [0, 0.05) is 67.7 Å². The lowest BCUT2D eigenvalue weighted by Gasteiger charge is -2.42. The summed E-state index contributed by atoms with van der Waals surface area (Å²) in [5, 5.41) is 9.10. The Morgan fingerprint density at radius 2 is 1.94 bits per heavy atom. The van der Waals surface area contributed by atoms with Crippen LogP contribution in [0.25, 0.3) is 0 Å². The quantitative estimate of drug-likeness (QED) is 0.705. The predicted octanol–water partition coefficient (Wildman–Crippen LogP) is 3.11. The number of carbonyl (C=O) groups is 1. The van der Waals surface area contributed by atoms with Crippen LogP contribution in [0.1, 0.15) is 36.9 Å². The van der Waals surface area contributed by atoms with Gasteiger partial charge in [-0.1, -0.05) is 0 Å². The summed E-state index contributed by atoms with van der Waals surface area (Å²) in [6.45, 7) is 0.988. The average Bonchev–Trinajstić information content (AvgIpc) is 3.06. The number of nitrogens with zero attached hydrogens (tertiary/aromatic N) is 5. The molecule has 2 aromatic heterocycles. The number of likely N-dealkylation sites (tertiary alicyclic amines) is 1. The SMILES string of the molecule is COc1cc(C(F)(F)CCC(=O)N2CC3CCC(C2)N3c2ccnc(C#N)c2)ccn1. The van der Waals surface area contributed by atoms with Crippen LogP contribution >= 0.6 is 0 Å². The number of hydrogen-bond acceptors (Lipinski definition) is 6. The van der Waals surface area contributed by atoms with Gasteiger partial charge in [0.25, 0.3) is 5.92 Å². The standard InChI is InChI=1S/C22H23F2N5O2/c1-31-20-10-15(5-8-27-20)22(23,24)7-4-21(30)28-13-18-2-3-19(14-28)29(18)17-6-9-26-16(11-17)12-25/h5-6,8-11,18-19H,2-4,7,13-14H2,1H3. The molecule has 31 heavy (non-hydrogen) atoms. The third kappa shape index (κ3) is 4.29. The number of fused-ring (bicyclic) bond motifs is 2. The number of rotatable bonds is 6. The van der Waals surface area contributed by atoms with Crippen molar-refractivity contribution in [1.29, 1.82) is 5.26 Å². The Kier molecular flexibility index (Phi) is 5.72. The van der Waals surface area contributed by atoms with Crippen LogP contribution in [0.2, 0.25) is 0 Å². The number of carbonyl (C=O) groups excluding carboxylic acids is 1. The van der Waals surface area contributed by atoms with Gasteiger partial charge in [0.05, 0.1) is 7.11 Å². The summed E-state index contributed by atoms with van der Waals surface area (Å²) in [5.74, 6) is -3.28. The number of methoxy groups -OCH3 is 1. The van der Waals surface area contributed by atoms with Crippen molar-refractivity contribution in [3.63, 3.8) is 0 Å². The number of pyridine rings is 2. The Bertz CT molecular complexity index is 995. The minimum absolute atomic E-state index is 0.113. The molecule has 2 aliphatic rings. The number of anilines is 1. The van der Waals surface area contributed by atoms with Crippen LogP contribution in [-0.2, 0) is 10.7 Å². The van der Waals surface area contributed by atoms with E-state index in [1.807, 2.05) is 12.1 Å². The van der Waals surface area contributed by atoms with Crippen LogP contribution < -0.4 is 9.64 Å². The van der Waals surface area contributed by atoms with Crippen LogP contribution in [0.4, 0.5) is 14.5 Å². The van der Waals surface area contributed by atoms with Gasteiger partial charge in [0.1, 0.15) is 11.8 Å². The first kappa shape index (κ1) is 21.0. The lowest BCUT2D eigenvalue weighted by molar-refractivity contribution is -0.134. The first-order valence-corrected chi connectivity index (χ1v) is 10.2. The number of nitriles is 1. The second kappa shape index (κ2) is 8.46. The van der Waals surface area contributed by atoms with Crippen molar-refractivity contribution in [3.05, 3.63) is 47.9 Å². The van der Waals surface area contributed by atoms with E-state index in [-0.39, 0.29) is 35.9 Å². The molecule has 2 fully saturated rings. The Morgan fingerprint density at radius 1 is 1.23 bits per heavy atom. The number of alkyl halides is 2. The summed E-state index contributed by atoms with van der Waals surface area (Å²) in [7, 11) is 1.37. The van der Waals surface area contributed by atoms with E-state index in [1.54, 1.807) is 17.2 Å². The van der Waals surface area contributed by atoms with E-state index in [4.69, 9.17) is 10.00 Å². The van der Waals surface area contributed by atoms with Crippen molar-refractivity contribution < 1.29 is 18.3 Å². The first-order chi connectivity index (χ1) is 14.9. The number of hydrogen-bond donors (Lipinski definition) is 0. The third-order valence-corrected chi connectivity index (χ3v) is 6.01. The molecule has 9 heteroatoms. The molecule has 4 heterocycles. The summed E-state index contributed by atoms with van der Waals surface area (Å²) in [6, 6.07) is 8.35. The van der Waals surface area contributed by atoms with E-state index in [1.165, 1.54) is 25.4 Å². The highest BCUT2D eigenvalue weighted by atomic mass is 19.3. The molecular weight excluding hydrogens is 404 g/mol. The van der Waals surface area contributed by atoms with Gasteiger partial charge < -0.3 is 14.5 Å². The van der Waals surface area contributed by atoms with Crippen molar-refractivity contribution in [1.82, 2.24) is 14.9 Å². The fourth-order valence-electron chi connectivity index (χ4n) is 4.48. The summed E-state index contributed by atoms with van der Waals surface area (Å²) < 4.78 is 34.2. The minimum Gasteiger partial charge on any atom is -0.481 e. The Hall–Kier alpha value is -3.28. The van der Waals surface area contributed by atoms with Crippen molar-refractivity contribution in [3.8, 4) is 11.9 Å². The largest absolute Gasteiger partial charge is 0.481 e. The van der Waals surface area contributed by atoms with Gasteiger partial charge in [0.2, 0.25) is 11.8 Å². The molecule has 1 amide bonds. The molecule has 2 unspecified atom stereocenters. The molecule has 0 aromatic carbocycles. The van der Waals surface area contributed by atoms with E-state index in [9.17, 15) is 13.6 Å². The molecule has 0 N–H and O–H groups in total. The zero-order valence-corrected chi connectivity index (χ0v) is 17.2. The molecule has 162 valence electrons. The monoisotopic (exact) mass is 427 g/mol. The molecule has 7 nitrogen and oxygen atoms in total. The van der Waals surface area contributed by atoms with Gasteiger partial charge in [-0.15, -0.1) is 0 Å². The van der Waals surface area contributed by atoms with E-state index >= 15 is 0 Å². The van der Waals surface area contributed by atoms with Gasteiger partial charge >= 0.3 is 0 Å². The number of ether oxygens (including phenoxy) is 1. The molecule has 2 aliphatic heterocycles. The molecule has 2 atom stereocenters. The second-order valence-electron chi connectivity index (χ2n) is 7.89. The number of piperazine rings is 1. The van der Waals surface area contributed by atoms with Crippen molar-refractivity contribution in [2.45, 2.75) is 43.7 Å². The van der Waals surface area contributed by atoms with E-state index in [2.05, 4.69) is 14.9 Å². The summed E-state index contributed by atoms with van der Waals surface area (Å²) in [4.78, 5) is 24.6. The minimum atomic E-state index is -3.14. The lowest BCUT2D eigenvalue weighted by atomic mass is 10.0. The van der Waals surface area contributed by atoms with Crippen LogP contribution in [0, 0.1) is 11.3 Å². The topological polar surface area (TPSA) is 82.4 Å². The molecule has 2 saturated heterocycles. The molecule has 4 rings (SSSR count). The highest BCUT2D eigenvalue weighted by Crippen LogP contribution is 2.37. The van der Waals surface area contributed by atoms with E-state index in [0.717, 1.165) is 18.5 Å². The summed E-state index contributed by atoms with van der Waals surface area (Å²) in [5.41, 5.74) is 1.07. The Balaban J connectivity index is 1.39. The smallest absolute Gasteiger partial charge is 0.274 e. The molecule has 0 spiro atoms. The van der Waals surface area contributed by atoms with E-state index in [0.29, 0.717) is 18.8 Å². The van der Waals surface area contributed by atoms with Crippen LogP contribution in [0.15, 0.2) is 36.7 Å². The van der Waals surface area contributed by atoms with Gasteiger partial charge in [0.15, 0.2) is 0 Å². The lowest BCUT2D eigenvalue weighted by Crippen LogP contribution is -2.55. The van der Waals surface area contributed by atoms with Crippen LogP contribution in [0.5, 0.6) is 5.88 Å². The van der Waals surface area contributed by atoms with E-state index < -0.39 is 12.3 Å². The Labute approximate surface area is 179 Å². The molecule has 0 saturated carbocycles. The molecule has 2 bridgehead atoms. The predicted molar refractivity (Wildman–Crippen MR) is 109 cm³/mol. The van der Waals surface area contributed by atoms with Gasteiger partial charge in [-0.25, -0.2) is 18.7 Å². The van der Waals surface area contributed by atoms with Crippen molar-refractivity contribution in [2.24, 2.45) is 0 Å². The van der Waals surface area contributed by atoms with Crippen LogP contribution in [-0.4, -0.2) is 53.1 Å². The maximum atomic E-state index is 14.6. The average molecular weight is 427 g/mol. The van der Waals surface area contributed by atoms with Crippen molar-refractivity contribution >= 4 is 11.6 Å². The molecular formula is C22H23F2N5O2. The zero-order valence-electron chi connectivity index (χ0n) is 17.2.